The number of fused-ring (bicyclic) bond motifs is 1. The maximum atomic E-state index is 13.8. The highest BCUT2D eigenvalue weighted by atomic mass is 19.1. The Morgan fingerprint density at radius 1 is 1.13 bits per heavy atom. The van der Waals surface area contributed by atoms with E-state index in [1.165, 1.54) is 30.7 Å². The smallest absolute Gasteiger partial charge is 0.275 e. The molecule has 31 heavy (non-hydrogen) atoms. The number of hydrogen-bond acceptors (Lipinski definition) is 3. The number of aromatic amines is 1. The number of aromatic nitrogens is 2. The highest BCUT2D eigenvalue weighted by molar-refractivity contribution is 6.04. The van der Waals surface area contributed by atoms with Gasteiger partial charge in [0.1, 0.15) is 11.6 Å². The molecule has 0 saturated carbocycles. The predicted octanol–water partition coefficient (Wildman–Crippen LogP) is 4.75. The Bertz CT molecular complexity index is 1030. The van der Waals surface area contributed by atoms with Gasteiger partial charge in [-0.1, -0.05) is 25.5 Å². The van der Waals surface area contributed by atoms with E-state index in [9.17, 15) is 13.6 Å². The van der Waals surface area contributed by atoms with Crippen molar-refractivity contribution >= 4 is 16.8 Å². The van der Waals surface area contributed by atoms with Crippen LogP contribution in [0, 0.1) is 11.6 Å². The number of halogens is 2. The van der Waals surface area contributed by atoms with Gasteiger partial charge in [-0.25, -0.2) is 8.78 Å². The first-order chi connectivity index (χ1) is 15.0. The van der Waals surface area contributed by atoms with E-state index >= 15 is 0 Å². The zero-order valence-electron chi connectivity index (χ0n) is 17.8. The fourth-order valence-corrected chi connectivity index (χ4v) is 4.27. The van der Waals surface area contributed by atoms with Crippen molar-refractivity contribution < 1.29 is 13.6 Å². The van der Waals surface area contributed by atoms with Gasteiger partial charge in [0, 0.05) is 31.1 Å². The summed E-state index contributed by atoms with van der Waals surface area (Å²) in [6.07, 6.45) is 4.08. The number of hydrogen-bond donors (Lipinski definition) is 1. The summed E-state index contributed by atoms with van der Waals surface area (Å²) in [5.74, 6) is -0.940. The molecular weight excluding hydrogens is 398 g/mol. The van der Waals surface area contributed by atoms with E-state index < -0.39 is 5.82 Å². The van der Waals surface area contributed by atoms with Crippen LogP contribution in [-0.2, 0) is 6.54 Å². The van der Waals surface area contributed by atoms with E-state index in [2.05, 4.69) is 22.0 Å². The van der Waals surface area contributed by atoms with Crippen LogP contribution in [0.4, 0.5) is 8.78 Å². The number of carbonyl (C=O) groups is 1. The first-order valence-electron chi connectivity index (χ1n) is 11.0. The summed E-state index contributed by atoms with van der Waals surface area (Å²) in [5, 5.41) is 7.52. The van der Waals surface area contributed by atoms with E-state index in [0.29, 0.717) is 17.4 Å². The SMILES string of the molecule is CCCCN1CCC(N(Cc2ccc(F)cc2)C(=O)c2n[nH]c3ccc(F)cc23)CC1. The summed E-state index contributed by atoms with van der Waals surface area (Å²) in [5.41, 5.74) is 1.71. The molecule has 1 saturated heterocycles. The number of benzene rings is 2. The van der Waals surface area contributed by atoms with Crippen LogP contribution in [0.25, 0.3) is 10.9 Å². The second kappa shape index (κ2) is 9.56. The van der Waals surface area contributed by atoms with Crippen molar-refractivity contribution in [3.8, 4) is 0 Å². The molecule has 0 bridgehead atoms. The summed E-state index contributed by atoms with van der Waals surface area (Å²) in [7, 11) is 0. The maximum Gasteiger partial charge on any atom is 0.275 e. The molecule has 1 fully saturated rings. The molecule has 5 nitrogen and oxygen atoms in total. The van der Waals surface area contributed by atoms with Gasteiger partial charge in [0.2, 0.25) is 0 Å². The molecule has 0 radical (unpaired) electrons. The van der Waals surface area contributed by atoms with E-state index in [1.54, 1.807) is 18.2 Å². The van der Waals surface area contributed by atoms with Gasteiger partial charge in [-0.15, -0.1) is 0 Å². The van der Waals surface area contributed by atoms with E-state index in [0.717, 1.165) is 44.5 Å². The Labute approximate surface area is 181 Å². The van der Waals surface area contributed by atoms with Crippen molar-refractivity contribution in [2.24, 2.45) is 0 Å². The molecule has 7 heteroatoms. The molecule has 1 amide bonds. The zero-order valence-corrected chi connectivity index (χ0v) is 17.8. The molecule has 1 aliphatic rings. The number of piperidine rings is 1. The van der Waals surface area contributed by atoms with Gasteiger partial charge in [-0.05, 0) is 61.7 Å². The summed E-state index contributed by atoms with van der Waals surface area (Å²) >= 11 is 0. The lowest BCUT2D eigenvalue weighted by molar-refractivity contribution is 0.0545. The van der Waals surface area contributed by atoms with Gasteiger partial charge in [-0.2, -0.15) is 5.10 Å². The number of carbonyl (C=O) groups excluding carboxylic acids is 1. The Balaban J connectivity index is 1.59. The fourth-order valence-electron chi connectivity index (χ4n) is 4.27. The minimum absolute atomic E-state index is 0.0516. The Hall–Kier alpha value is -2.80. The molecule has 0 spiro atoms. The number of unbranched alkanes of at least 4 members (excludes halogenated alkanes) is 1. The van der Waals surface area contributed by atoms with E-state index in [-0.39, 0.29) is 23.5 Å². The molecular formula is C24H28F2N4O. The van der Waals surface area contributed by atoms with Crippen molar-refractivity contribution in [1.82, 2.24) is 20.0 Å². The van der Waals surface area contributed by atoms with E-state index in [1.807, 2.05) is 4.90 Å². The molecule has 0 atom stereocenters. The average Bonchev–Trinajstić information content (AvgIpc) is 3.20. The fraction of sp³-hybridized carbons (Fsp3) is 0.417. The zero-order chi connectivity index (χ0) is 21.8. The van der Waals surface area contributed by atoms with Crippen LogP contribution in [0.2, 0.25) is 0 Å². The van der Waals surface area contributed by atoms with Crippen LogP contribution in [0.1, 0.15) is 48.7 Å². The van der Waals surface area contributed by atoms with Gasteiger partial charge in [0.15, 0.2) is 5.69 Å². The van der Waals surface area contributed by atoms with Crippen LogP contribution in [-0.4, -0.2) is 51.6 Å². The Morgan fingerprint density at radius 3 is 2.55 bits per heavy atom. The second-order valence-corrected chi connectivity index (χ2v) is 8.25. The van der Waals surface area contributed by atoms with Gasteiger partial charge >= 0.3 is 0 Å². The molecule has 2 heterocycles. The predicted molar refractivity (Wildman–Crippen MR) is 117 cm³/mol. The van der Waals surface area contributed by atoms with Gasteiger partial charge in [-0.3, -0.25) is 9.89 Å². The first-order valence-corrected chi connectivity index (χ1v) is 11.0. The molecule has 1 aliphatic heterocycles. The number of amides is 1. The largest absolute Gasteiger partial charge is 0.330 e. The Kier molecular flexibility index (Phi) is 6.61. The minimum atomic E-state index is -0.405. The first kappa shape index (κ1) is 21.4. The average molecular weight is 427 g/mol. The molecule has 2 aromatic carbocycles. The molecule has 0 unspecified atom stereocenters. The summed E-state index contributed by atoms with van der Waals surface area (Å²) < 4.78 is 27.2. The molecule has 0 aliphatic carbocycles. The maximum absolute atomic E-state index is 13.8. The lowest BCUT2D eigenvalue weighted by atomic mass is 10.0. The summed E-state index contributed by atoms with van der Waals surface area (Å²) in [6, 6.07) is 10.5. The van der Waals surface area contributed by atoms with Crippen molar-refractivity contribution in [2.45, 2.75) is 45.2 Å². The third kappa shape index (κ3) is 4.93. The van der Waals surface area contributed by atoms with Crippen LogP contribution in [0.3, 0.4) is 0 Å². The lowest BCUT2D eigenvalue weighted by Gasteiger charge is -2.38. The van der Waals surface area contributed by atoms with Gasteiger partial charge in [0.25, 0.3) is 5.91 Å². The molecule has 1 aromatic heterocycles. The Morgan fingerprint density at radius 2 is 1.84 bits per heavy atom. The van der Waals surface area contributed by atoms with Gasteiger partial charge in [0.05, 0.1) is 5.52 Å². The van der Waals surface area contributed by atoms with E-state index in [4.69, 9.17) is 0 Å². The highest BCUT2D eigenvalue weighted by Crippen LogP contribution is 2.25. The number of rotatable bonds is 7. The molecule has 3 aromatic rings. The number of nitrogens with one attached hydrogen (secondary N) is 1. The molecule has 164 valence electrons. The highest BCUT2D eigenvalue weighted by Gasteiger charge is 2.30. The number of H-pyrrole nitrogens is 1. The van der Waals surface area contributed by atoms with Crippen molar-refractivity contribution in [3.63, 3.8) is 0 Å². The standard InChI is InChI=1S/C24H28F2N4O/c1-2-3-12-29-13-10-20(11-14-29)30(16-17-4-6-18(25)7-5-17)24(31)23-21-15-19(26)8-9-22(21)27-28-23/h4-9,15,20H,2-3,10-14,16H2,1H3,(H,27,28). The number of nitrogens with zero attached hydrogens (tertiary/aromatic N) is 3. The normalized spacial score (nSPS) is 15.5. The monoisotopic (exact) mass is 426 g/mol. The lowest BCUT2D eigenvalue weighted by Crippen LogP contribution is -2.47. The van der Waals surface area contributed by atoms with Crippen molar-refractivity contribution in [1.29, 1.82) is 0 Å². The van der Waals surface area contributed by atoms with Crippen LogP contribution >= 0.6 is 0 Å². The van der Waals surface area contributed by atoms with Crippen LogP contribution in [0.15, 0.2) is 42.5 Å². The third-order valence-electron chi connectivity index (χ3n) is 6.08. The van der Waals surface area contributed by atoms with Crippen molar-refractivity contribution in [3.05, 3.63) is 65.4 Å². The third-order valence-corrected chi connectivity index (χ3v) is 6.08. The quantitative estimate of drug-likeness (QED) is 0.593. The second-order valence-electron chi connectivity index (χ2n) is 8.25. The summed E-state index contributed by atoms with van der Waals surface area (Å²) in [4.78, 5) is 17.9. The van der Waals surface area contributed by atoms with Crippen molar-refractivity contribution in [2.75, 3.05) is 19.6 Å². The van der Waals surface area contributed by atoms with Crippen LogP contribution in [0.5, 0.6) is 0 Å². The van der Waals surface area contributed by atoms with Crippen LogP contribution < -0.4 is 0 Å². The minimum Gasteiger partial charge on any atom is -0.330 e. The summed E-state index contributed by atoms with van der Waals surface area (Å²) in [6.45, 7) is 5.51. The van der Waals surface area contributed by atoms with Gasteiger partial charge < -0.3 is 9.80 Å². The topological polar surface area (TPSA) is 52.2 Å². The molecule has 1 N–H and O–H groups in total. The number of likely N-dealkylation sites (tertiary alicyclic amines) is 1. The molecule has 4 rings (SSSR count).